The number of unbranched alkanes of at least 4 members (excludes halogenated alkanes) is 2. The Morgan fingerprint density at radius 3 is 2.81 bits per heavy atom. The molecule has 0 unspecified atom stereocenters. The molecule has 0 aromatic carbocycles. The molecule has 94 valence electrons. The molecule has 0 saturated carbocycles. The van der Waals surface area contributed by atoms with Crippen LogP contribution in [0.15, 0.2) is 0 Å². The summed E-state index contributed by atoms with van der Waals surface area (Å²) in [5.41, 5.74) is 0. The minimum atomic E-state index is -0.917. The minimum Gasteiger partial charge on any atom is -0.457 e. The van der Waals surface area contributed by atoms with Crippen molar-refractivity contribution < 1.29 is 24.5 Å². The van der Waals surface area contributed by atoms with Gasteiger partial charge >= 0.3 is 5.97 Å². The van der Waals surface area contributed by atoms with Gasteiger partial charge in [0.05, 0.1) is 13.2 Å². The van der Waals surface area contributed by atoms with E-state index in [0.717, 1.165) is 19.3 Å². The SMILES string of the molecule is CCCCCC(=O)O[C@@H]1CO[C@H](CO)[C@@H]1O. The highest BCUT2D eigenvalue weighted by Gasteiger charge is 2.37. The van der Waals surface area contributed by atoms with Gasteiger partial charge in [0, 0.05) is 6.42 Å². The van der Waals surface area contributed by atoms with Gasteiger partial charge in [0.2, 0.25) is 0 Å². The number of rotatable bonds is 6. The van der Waals surface area contributed by atoms with Gasteiger partial charge in [-0.15, -0.1) is 0 Å². The Morgan fingerprint density at radius 1 is 1.50 bits per heavy atom. The molecule has 5 nitrogen and oxygen atoms in total. The van der Waals surface area contributed by atoms with Crippen molar-refractivity contribution in [3.05, 3.63) is 0 Å². The van der Waals surface area contributed by atoms with Crippen LogP contribution in [0, 0.1) is 0 Å². The van der Waals surface area contributed by atoms with Crippen LogP contribution in [0.2, 0.25) is 0 Å². The van der Waals surface area contributed by atoms with Crippen molar-refractivity contribution in [3.8, 4) is 0 Å². The summed E-state index contributed by atoms with van der Waals surface area (Å²) in [5, 5.41) is 18.4. The summed E-state index contributed by atoms with van der Waals surface area (Å²) in [7, 11) is 0. The van der Waals surface area contributed by atoms with E-state index in [9.17, 15) is 9.90 Å². The average Bonchev–Trinajstić information content (AvgIpc) is 2.60. The lowest BCUT2D eigenvalue weighted by atomic mass is 10.1. The van der Waals surface area contributed by atoms with E-state index in [0.29, 0.717) is 6.42 Å². The van der Waals surface area contributed by atoms with Crippen LogP contribution < -0.4 is 0 Å². The molecule has 2 N–H and O–H groups in total. The number of hydrogen-bond donors (Lipinski definition) is 2. The summed E-state index contributed by atoms with van der Waals surface area (Å²) in [6, 6.07) is 0. The lowest BCUT2D eigenvalue weighted by molar-refractivity contribution is -0.153. The molecule has 1 aliphatic rings. The highest BCUT2D eigenvalue weighted by molar-refractivity contribution is 5.69. The predicted molar refractivity (Wildman–Crippen MR) is 56.9 cm³/mol. The zero-order valence-corrected chi connectivity index (χ0v) is 9.59. The van der Waals surface area contributed by atoms with E-state index in [-0.39, 0.29) is 19.2 Å². The Bertz CT molecular complexity index is 218. The first kappa shape index (κ1) is 13.4. The second-order valence-electron chi connectivity index (χ2n) is 4.03. The molecule has 3 atom stereocenters. The Morgan fingerprint density at radius 2 is 2.25 bits per heavy atom. The number of esters is 1. The third kappa shape index (κ3) is 3.73. The van der Waals surface area contributed by atoms with Crippen molar-refractivity contribution in [2.75, 3.05) is 13.2 Å². The molecule has 1 heterocycles. The van der Waals surface area contributed by atoms with Crippen LogP contribution in [0.4, 0.5) is 0 Å². The largest absolute Gasteiger partial charge is 0.457 e. The summed E-state index contributed by atoms with van der Waals surface area (Å²) in [6.07, 6.45) is 1.05. The van der Waals surface area contributed by atoms with E-state index in [1.165, 1.54) is 0 Å². The first-order valence-electron chi connectivity index (χ1n) is 5.79. The van der Waals surface area contributed by atoms with Gasteiger partial charge in [-0.05, 0) is 6.42 Å². The molecule has 0 bridgehead atoms. The second-order valence-corrected chi connectivity index (χ2v) is 4.03. The van der Waals surface area contributed by atoms with Crippen molar-refractivity contribution in [1.29, 1.82) is 0 Å². The third-order valence-corrected chi connectivity index (χ3v) is 2.68. The van der Waals surface area contributed by atoms with Crippen LogP contribution in [-0.2, 0) is 14.3 Å². The quantitative estimate of drug-likeness (QED) is 0.506. The van der Waals surface area contributed by atoms with Crippen molar-refractivity contribution in [3.63, 3.8) is 0 Å². The highest BCUT2D eigenvalue weighted by atomic mass is 16.6. The van der Waals surface area contributed by atoms with Gasteiger partial charge in [0.1, 0.15) is 12.2 Å². The van der Waals surface area contributed by atoms with Crippen molar-refractivity contribution in [2.45, 2.75) is 50.9 Å². The molecular formula is C11H20O5. The zero-order chi connectivity index (χ0) is 12.0. The minimum absolute atomic E-state index is 0.159. The molecule has 0 aromatic rings. The maximum atomic E-state index is 11.4. The lowest BCUT2D eigenvalue weighted by Crippen LogP contribution is -2.35. The molecule has 0 aromatic heterocycles. The summed E-state index contributed by atoms with van der Waals surface area (Å²) in [5.74, 6) is -0.306. The maximum absolute atomic E-state index is 11.4. The van der Waals surface area contributed by atoms with Gasteiger partial charge in [-0.2, -0.15) is 0 Å². The molecule has 1 rings (SSSR count). The fourth-order valence-electron chi connectivity index (χ4n) is 1.67. The monoisotopic (exact) mass is 232 g/mol. The Hall–Kier alpha value is -0.650. The summed E-state index contributed by atoms with van der Waals surface area (Å²) < 4.78 is 10.2. The van der Waals surface area contributed by atoms with E-state index in [1.807, 2.05) is 0 Å². The van der Waals surface area contributed by atoms with Gasteiger partial charge in [-0.25, -0.2) is 0 Å². The van der Waals surface area contributed by atoms with Crippen LogP contribution in [-0.4, -0.2) is 47.7 Å². The molecule has 1 fully saturated rings. The van der Waals surface area contributed by atoms with Crippen molar-refractivity contribution in [2.24, 2.45) is 0 Å². The second kappa shape index (κ2) is 6.83. The molecule has 1 aliphatic heterocycles. The fourth-order valence-corrected chi connectivity index (χ4v) is 1.67. The number of ether oxygens (including phenoxy) is 2. The van der Waals surface area contributed by atoms with Gasteiger partial charge in [0.25, 0.3) is 0 Å². The summed E-state index contributed by atoms with van der Waals surface area (Å²) in [6.45, 7) is 1.96. The van der Waals surface area contributed by atoms with Gasteiger partial charge in [-0.1, -0.05) is 19.8 Å². The van der Waals surface area contributed by atoms with Gasteiger partial charge < -0.3 is 19.7 Å². The maximum Gasteiger partial charge on any atom is 0.306 e. The summed E-state index contributed by atoms with van der Waals surface area (Å²) >= 11 is 0. The smallest absolute Gasteiger partial charge is 0.306 e. The molecule has 0 aliphatic carbocycles. The number of aliphatic hydroxyl groups is 2. The van der Waals surface area contributed by atoms with E-state index >= 15 is 0 Å². The van der Waals surface area contributed by atoms with Crippen LogP contribution in [0.3, 0.4) is 0 Å². The van der Waals surface area contributed by atoms with E-state index in [2.05, 4.69) is 6.92 Å². The topological polar surface area (TPSA) is 76.0 Å². The summed E-state index contributed by atoms with van der Waals surface area (Å²) in [4.78, 5) is 11.4. The Labute approximate surface area is 95.4 Å². The molecule has 0 amide bonds. The molecule has 16 heavy (non-hydrogen) atoms. The zero-order valence-electron chi connectivity index (χ0n) is 9.59. The predicted octanol–water partition coefficient (Wildman–Crippen LogP) is 0.230. The van der Waals surface area contributed by atoms with Crippen LogP contribution in [0.1, 0.15) is 32.6 Å². The van der Waals surface area contributed by atoms with Crippen molar-refractivity contribution in [1.82, 2.24) is 0 Å². The molecular weight excluding hydrogens is 212 g/mol. The van der Waals surface area contributed by atoms with Gasteiger partial charge in [0.15, 0.2) is 6.10 Å². The number of carbonyl (C=O) groups is 1. The first-order valence-corrected chi connectivity index (χ1v) is 5.79. The van der Waals surface area contributed by atoms with Gasteiger partial charge in [-0.3, -0.25) is 4.79 Å². The number of aliphatic hydroxyl groups excluding tert-OH is 2. The van der Waals surface area contributed by atoms with Crippen LogP contribution in [0.5, 0.6) is 0 Å². The average molecular weight is 232 g/mol. The number of carbonyl (C=O) groups excluding carboxylic acids is 1. The van der Waals surface area contributed by atoms with Crippen LogP contribution >= 0.6 is 0 Å². The van der Waals surface area contributed by atoms with E-state index in [4.69, 9.17) is 14.6 Å². The molecule has 0 radical (unpaired) electrons. The van der Waals surface area contributed by atoms with Crippen molar-refractivity contribution >= 4 is 5.97 Å². The first-order chi connectivity index (χ1) is 7.69. The lowest BCUT2D eigenvalue weighted by Gasteiger charge is -2.16. The highest BCUT2D eigenvalue weighted by Crippen LogP contribution is 2.17. The van der Waals surface area contributed by atoms with E-state index in [1.54, 1.807) is 0 Å². The third-order valence-electron chi connectivity index (χ3n) is 2.68. The Kier molecular flexibility index (Phi) is 5.73. The van der Waals surface area contributed by atoms with E-state index < -0.39 is 18.3 Å². The normalized spacial score (nSPS) is 29.3. The number of hydrogen-bond acceptors (Lipinski definition) is 5. The molecule has 5 heteroatoms. The fraction of sp³-hybridized carbons (Fsp3) is 0.909. The van der Waals surface area contributed by atoms with Crippen LogP contribution in [0.25, 0.3) is 0 Å². The Balaban J connectivity index is 2.24. The molecule has 0 spiro atoms. The molecule has 1 saturated heterocycles. The standard InChI is InChI=1S/C11H20O5/c1-2-3-4-5-10(13)16-9-7-15-8(6-12)11(9)14/h8-9,11-12,14H,2-7H2,1H3/t8-,9-,11+/m1/s1.